The molecule has 1 aromatic rings. The minimum Gasteiger partial charge on any atom is -0.367 e. The zero-order valence-electron chi connectivity index (χ0n) is 8.96. The van der Waals surface area contributed by atoms with Crippen molar-refractivity contribution in [1.82, 2.24) is 9.97 Å². The summed E-state index contributed by atoms with van der Waals surface area (Å²) in [6.45, 7) is 2.07. The van der Waals surface area contributed by atoms with E-state index in [2.05, 4.69) is 38.1 Å². The molecule has 0 unspecified atom stereocenters. The van der Waals surface area contributed by atoms with E-state index in [4.69, 9.17) is 0 Å². The summed E-state index contributed by atoms with van der Waals surface area (Å²) < 4.78 is 0.870. The molecule has 2 rings (SSSR count). The summed E-state index contributed by atoms with van der Waals surface area (Å²) in [5, 5.41) is 3.48. The minimum atomic E-state index is 0.608. The molecule has 0 atom stereocenters. The number of rotatable bonds is 3. The van der Waals surface area contributed by atoms with Gasteiger partial charge in [-0.25, -0.2) is 9.97 Å². The topological polar surface area (TPSA) is 37.8 Å². The Balaban J connectivity index is 2.09. The van der Waals surface area contributed by atoms with Crippen LogP contribution >= 0.6 is 15.9 Å². The van der Waals surface area contributed by atoms with Crippen molar-refractivity contribution in [3.63, 3.8) is 0 Å². The van der Waals surface area contributed by atoms with Crippen molar-refractivity contribution in [2.45, 2.75) is 45.1 Å². The first-order chi connectivity index (χ1) is 7.28. The summed E-state index contributed by atoms with van der Waals surface area (Å²) in [4.78, 5) is 8.76. The highest BCUT2D eigenvalue weighted by Crippen LogP contribution is 2.22. The lowest BCUT2D eigenvalue weighted by molar-refractivity contribution is 0.746. The number of hydrogen-bond donors (Lipinski definition) is 1. The maximum atomic E-state index is 4.46. The van der Waals surface area contributed by atoms with Crippen molar-refractivity contribution in [1.29, 1.82) is 0 Å². The van der Waals surface area contributed by atoms with Gasteiger partial charge in [0.1, 0.15) is 16.2 Å². The Morgan fingerprint density at radius 1 is 1.40 bits per heavy atom. The Morgan fingerprint density at radius 2 is 2.13 bits per heavy atom. The highest BCUT2D eigenvalue weighted by molar-refractivity contribution is 9.10. The van der Waals surface area contributed by atoms with E-state index in [0.717, 1.165) is 22.7 Å². The molecule has 1 fully saturated rings. The largest absolute Gasteiger partial charge is 0.367 e. The lowest BCUT2D eigenvalue weighted by Gasteiger charge is -2.13. The van der Waals surface area contributed by atoms with E-state index in [1.165, 1.54) is 25.7 Å². The van der Waals surface area contributed by atoms with Gasteiger partial charge in [-0.15, -0.1) is 0 Å². The van der Waals surface area contributed by atoms with Gasteiger partial charge < -0.3 is 5.32 Å². The zero-order chi connectivity index (χ0) is 10.7. The molecule has 1 heterocycles. The van der Waals surface area contributed by atoms with Gasteiger partial charge in [0, 0.05) is 18.5 Å². The lowest BCUT2D eigenvalue weighted by atomic mass is 10.2. The van der Waals surface area contributed by atoms with Crippen molar-refractivity contribution in [2.75, 3.05) is 5.32 Å². The average molecular weight is 270 g/mol. The summed E-state index contributed by atoms with van der Waals surface area (Å²) in [6.07, 6.45) is 6.08. The van der Waals surface area contributed by atoms with Crippen molar-refractivity contribution in [2.24, 2.45) is 0 Å². The van der Waals surface area contributed by atoms with Crippen LogP contribution in [0.15, 0.2) is 10.7 Å². The summed E-state index contributed by atoms with van der Waals surface area (Å²) in [5.41, 5.74) is 0. The molecule has 0 aliphatic heterocycles. The highest BCUT2D eigenvalue weighted by Gasteiger charge is 2.15. The predicted octanol–water partition coefficient (Wildman–Crippen LogP) is 3.16. The van der Waals surface area contributed by atoms with Gasteiger partial charge in [0.15, 0.2) is 0 Å². The first-order valence-electron chi connectivity index (χ1n) is 5.58. The molecule has 1 saturated carbocycles. The normalized spacial score (nSPS) is 16.9. The van der Waals surface area contributed by atoms with Gasteiger partial charge in [0.25, 0.3) is 0 Å². The smallest absolute Gasteiger partial charge is 0.131 e. The zero-order valence-corrected chi connectivity index (χ0v) is 10.5. The number of nitrogens with zero attached hydrogens (tertiary/aromatic N) is 2. The van der Waals surface area contributed by atoms with Crippen molar-refractivity contribution < 1.29 is 0 Å². The summed E-state index contributed by atoms with van der Waals surface area (Å²) in [7, 11) is 0. The number of halogens is 1. The quantitative estimate of drug-likeness (QED) is 0.857. The first kappa shape index (κ1) is 10.9. The Hall–Kier alpha value is -0.640. The summed E-state index contributed by atoms with van der Waals surface area (Å²) >= 11 is 3.41. The minimum absolute atomic E-state index is 0.608. The first-order valence-corrected chi connectivity index (χ1v) is 6.37. The van der Waals surface area contributed by atoms with Gasteiger partial charge in [-0.3, -0.25) is 0 Å². The van der Waals surface area contributed by atoms with Crippen LogP contribution in [-0.4, -0.2) is 16.0 Å². The molecule has 4 heteroatoms. The predicted molar refractivity (Wildman–Crippen MR) is 65.0 cm³/mol. The molecule has 1 aliphatic carbocycles. The van der Waals surface area contributed by atoms with Crippen molar-refractivity contribution in [3.8, 4) is 0 Å². The van der Waals surface area contributed by atoms with E-state index in [9.17, 15) is 0 Å². The van der Waals surface area contributed by atoms with E-state index in [1.807, 2.05) is 6.07 Å². The number of hydrogen-bond acceptors (Lipinski definition) is 3. The maximum absolute atomic E-state index is 4.46. The summed E-state index contributed by atoms with van der Waals surface area (Å²) in [6, 6.07) is 2.56. The fraction of sp³-hybridized carbons (Fsp3) is 0.636. The van der Waals surface area contributed by atoms with Crippen LogP contribution in [0.4, 0.5) is 5.82 Å². The Labute approximate surface area is 98.8 Å². The molecule has 1 aliphatic rings. The van der Waals surface area contributed by atoms with Gasteiger partial charge in [0.2, 0.25) is 0 Å². The van der Waals surface area contributed by atoms with Crippen molar-refractivity contribution >= 4 is 21.7 Å². The third-order valence-corrected chi connectivity index (χ3v) is 3.17. The fourth-order valence-electron chi connectivity index (χ4n) is 1.98. The van der Waals surface area contributed by atoms with Crippen LogP contribution in [0, 0.1) is 0 Å². The van der Waals surface area contributed by atoms with Gasteiger partial charge in [-0.05, 0) is 28.8 Å². The van der Waals surface area contributed by atoms with Crippen LogP contribution < -0.4 is 5.32 Å². The third kappa shape index (κ3) is 2.91. The number of anilines is 1. The molecule has 0 aromatic carbocycles. The van der Waals surface area contributed by atoms with Gasteiger partial charge >= 0.3 is 0 Å². The van der Waals surface area contributed by atoms with Crippen LogP contribution in [0.3, 0.4) is 0 Å². The standard InChI is InChI=1S/C11H16BrN3/c1-2-10-14-9(12)7-11(15-10)13-8-5-3-4-6-8/h7-8H,2-6H2,1H3,(H,13,14,15). The summed E-state index contributed by atoms with van der Waals surface area (Å²) in [5.74, 6) is 1.85. The number of aryl methyl sites for hydroxylation is 1. The Bertz CT molecular complexity index is 335. The molecular formula is C11H16BrN3. The molecule has 0 radical (unpaired) electrons. The van der Waals surface area contributed by atoms with Gasteiger partial charge in [0.05, 0.1) is 0 Å². The number of nitrogens with one attached hydrogen (secondary N) is 1. The molecule has 3 nitrogen and oxygen atoms in total. The second-order valence-electron chi connectivity index (χ2n) is 3.97. The van der Waals surface area contributed by atoms with E-state index >= 15 is 0 Å². The third-order valence-electron chi connectivity index (χ3n) is 2.76. The van der Waals surface area contributed by atoms with E-state index in [0.29, 0.717) is 6.04 Å². The highest BCUT2D eigenvalue weighted by atomic mass is 79.9. The Morgan fingerprint density at radius 3 is 2.80 bits per heavy atom. The van der Waals surface area contributed by atoms with Crippen LogP contribution in [-0.2, 0) is 6.42 Å². The van der Waals surface area contributed by atoms with E-state index < -0.39 is 0 Å². The van der Waals surface area contributed by atoms with E-state index in [1.54, 1.807) is 0 Å². The second kappa shape index (κ2) is 4.92. The van der Waals surface area contributed by atoms with Gasteiger partial charge in [-0.2, -0.15) is 0 Å². The van der Waals surface area contributed by atoms with Crippen LogP contribution in [0.2, 0.25) is 0 Å². The van der Waals surface area contributed by atoms with E-state index in [-0.39, 0.29) is 0 Å². The fourth-order valence-corrected chi connectivity index (χ4v) is 2.40. The molecule has 0 bridgehead atoms. The maximum Gasteiger partial charge on any atom is 0.131 e. The Kier molecular flexibility index (Phi) is 3.57. The van der Waals surface area contributed by atoms with Crippen LogP contribution in [0.5, 0.6) is 0 Å². The van der Waals surface area contributed by atoms with Crippen LogP contribution in [0.25, 0.3) is 0 Å². The van der Waals surface area contributed by atoms with Crippen LogP contribution in [0.1, 0.15) is 38.4 Å². The molecule has 0 spiro atoms. The SMILES string of the molecule is CCc1nc(Br)cc(NC2CCCC2)n1. The van der Waals surface area contributed by atoms with Gasteiger partial charge in [-0.1, -0.05) is 19.8 Å². The second-order valence-corrected chi connectivity index (χ2v) is 4.78. The molecule has 1 aromatic heterocycles. The van der Waals surface area contributed by atoms with Crippen molar-refractivity contribution in [3.05, 3.63) is 16.5 Å². The lowest BCUT2D eigenvalue weighted by Crippen LogP contribution is -2.16. The molecule has 0 amide bonds. The molecule has 1 N–H and O–H groups in total. The molecule has 0 saturated heterocycles. The molecule has 15 heavy (non-hydrogen) atoms. The average Bonchev–Trinajstić information content (AvgIpc) is 2.69. The molecule has 82 valence electrons. The monoisotopic (exact) mass is 269 g/mol. The number of aromatic nitrogens is 2. The molecular weight excluding hydrogens is 254 g/mol.